The summed E-state index contributed by atoms with van der Waals surface area (Å²) in [5.74, 6) is 0. The van der Waals surface area contributed by atoms with E-state index >= 15 is 0 Å². The lowest BCUT2D eigenvalue weighted by Gasteiger charge is -2.16. The van der Waals surface area contributed by atoms with Gasteiger partial charge in [0.25, 0.3) is 5.56 Å². The average molecular weight is 473 g/mol. The Hall–Kier alpha value is -4.02. The lowest BCUT2D eigenvalue weighted by atomic mass is 10.0. The molecule has 0 aliphatic carbocycles. The standard InChI is InChI=1S/C23H22F3N5O3/c1-13-14(6-5-7-16(13)23(24,25)26)11-31-20(32)17(27-2)12-30(22(31)34)15-8-9-18-19(10-15)29(4)21(33)28(18)3/h5-10,12,27H,11H2,1-4H3. The minimum absolute atomic E-state index is 0.0524. The number of aryl methyl sites for hydroxylation is 2. The average Bonchev–Trinajstić information content (AvgIpc) is 3.00. The van der Waals surface area contributed by atoms with Gasteiger partial charge in [0.1, 0.15) is 5.69 Å². The van der Waals surface area contributed by atoms with Crippen LogP contribution in [0.3, 0.4) is 0 Å². The van der Waals surface area contributed by atoms with Gasteiger partial charge in [0.05, 0.1) is 28.8 Å². The van der Waals surface area contributed by atoms with E-state index in [1.807, 2.05) is 0 Å². The third kappa shape index (κ3) is 3.62. The lowest BCUT2D eigenvalue weighted by molar-refractivity contribution is -0.138. The van der Waals surface area contributed by atoms with Gasteiger partial charge >= 0.3 is 17.6 Å². The van der Waals surface area contributed by atoms with Crippen LogP contribution in [0, 0.1) is 6.92 Å². The Morgan fingerprint density at radius 3 is 2.26 bits per heavy atom. The Balaban J connectivity index is 1.92. The van der Waals surface area contributed by atoms with Crippen LogP contribution in [0.1, 0.15) is 16.7 Å². The largest absolute Gasteiger partial charge is 0.416 e. The highest BCUT2D eigenvalue weighted by molar-refractivity contribution is 5.78. The molecule has 0 fully saturated rings. The van der Waals surface area contributed by atoms with Crippen LogP contribution in [0.5, 0.6) is 0 Å². The second kappa shape index (κ2) is 8.08. The highest BCUT2D eigenvalue weighted by atomic mass is 19.4. The summed E-state index contributed by atoms with van der Waals surface area (Å²) in [4.78, 5) is 38.5. The Kier molecular flexibility index (Phi) is 5.50. The van der Waals surface area contributed by atoms with E-state index in [4.69, 9.17) is 0 Å². The van der Waals surface area contributed by atoms with E-state index in [9.17, 15) is 27.6 Å². The van der Waals surface area contributed by atoms with Gasteiger partial charge in [-0.25, -0.2) is 9.59 Å². The Labute approximate surface area is 191 Å². The molecule has 178 valence electrons. The zero-order valence-corrected chi connectivity index (χ0v) is 18.9. The van der Waals surface area contributed by atoms with E-state index in [1.54, 1.807) is 32.3 Å². The van der Waals surface area contributed by atoms with E-state index < -0.39 is 23.0 Å². The fraction of sp³-hybridized carbons (Fsp3) is 0.261. The minimum atomic E-state index is -4.56. The van der Waals surface area contributed by atoms with Crippen molar-refractivity contribution < 1.29 is 13.2 Å². The number of fused-ring (bicyclic) bond motifs is 1. The normalized spacial score (nSPS) is 11.9. The van der Waals surface area contributed by atoms with Gasteiger partial charge in [-0.3, -0.25) is 23.1 Å². The van der Waals surface area contributed by atoms with Gasteiger partial charge in [0.2, 0.25) is 0 Å². The molecule has 8 nitrogen and oxygen atoms in total. The molecule has 0 aliphatic heterocycles. The zero-order valence-electron chi connectivity index (χ0n) is 18.9. The van der Waals surface area contributed by atoms with Crippen molar-refractivity contribution >= 4 is 16.7 Å². The first-order valence-corrected chi connectivity index (χ1v) is 10.3. The number of benzene rings is 2. The summed E-state index contributed by atoms with van der Waals surface area (Å²) >= 11 is 0. The van der Waals surface area contributed by atoms with Crippen LogP contribution in [-0.4, -0.2) is 25.3 Å². The summed E-state index contributed by atoms with van der Waals surface area (Å²) in [6.45, 7) is 0.975. The molecule has 1 N–H and O–H groups in total. The monoisotopic (exact) mass is 473 g/mol. The van der Waals surface area contributed by atoms with E-state index in [0.717, 1.165) is 10.6 Å². The van der Waals surface area contributed by atoms with Gasteiger partial charge < -0.3 is 5.32 Å². The molecule has 2 heterocycles. The molecule has 0 bridgehead atoms. The first-order chi connectivity index (χ1) is 16.0. The zero-order chi connectivity index (χ0) is 24.9. The van der Waals surface area contributed by atoms with Crippen LogP contribution >= 0.6 is 0 Å². The summed E-state index contributed by atoms with van der Waals surface area (Å²) in [5.41, 5.74) is -0.566. The summed E-state index contributed by atoms with van der Waals surface area (Å²) in [5, 5.41) is 2.74. The molecule has 0 saturated carbocycles. The highest BCUT2D eigenvalue weighted by Crippen LogP contribution is 2.33. The molecule has 4 rings (SSSR count). The van der Waals surface area contributed by atoms with Gasteiger partial charge in [-0.1, -0.05) is 12.1 Å². The van der Waals surface area contributed by atoms with E-state index in [0.29, 0.717) is 16.7 Å². The number of hydrogen-bond donors (Lipinski definition) is 1. The second-order valence-corrected chi connectivity index (χ2v) is 8.00. The second-order valence-electron chi connectivity index (χ2n) is 8.00. The maximum absolute atomic E-state index is 13.4. The molecule has 34 heavy (non-hydrogen) atoms. The van der Waals surface area contributed by atoms with Crippen molar-refractivity contribution in [1.82, 2.24) is 18.3 Å². The third-order valence-corrected chi connectivity index (χ3v) is 6.05. The van der Waals surface area contributed by atoms with Crippen molar-refractivity contribution in [2.24, 2.45) is 14.1 Å². The maximum atomic E-state index is 13.4. The SMILES string of the molecule is CNc1cn(-c2ccc3c(c2)n(C)c(=O)n3C)c(=O)n(Cc2cccc(C(F)(F)F)c2C)c1=O. The molecule has 0 atom stereocenters. The molecule has 0 unspecified atom stereocenters. The first kappa shape index (κ1) is 23.1. The van der Waals surface area contributed by atoms with Gasteiger partial charge in [0.15, 0.2) is 0 Å². The van der Waals surface area contributed by atoms with Crippen molar-refractivity contribution in [3.8, 4) is 5.69 Å². The number of rotatable bonds is 4. The molecule has 2 aromatic carbocycles. The predicted molar refractivity (Wildman–Crippen MR) is 123 cm³/mol. The van der Waals surface area contributed by atoms with Crippen molar-refractivity contribution in [3.05, 3.63) is 90.6 Å². The lowest BCUT2D eigenvalue weighted by Crippen LogP contribution is -2.40. The first-order valence-electron chi connectivity index (χ1n) is 10.3. The minimum Gasteiger partial charge on any atom is -0.382 e. The smallest absolute Gasteiger partial charge is 0.382 e. The number of hydrogen-bond acceptors (Lipinski definition) is 4. The number of nitrogens with zero attached hydrogens (tertiary/aromatic N) is 4. The number of imidazole rings is 1. The Bertz CT molecular complexity index is 1610. The third-order valence-electron chi connectivity index (χ3n) is 6.05. The predicted octanol–water partition coefficient (Wildman–Crippen LogP) is 2.61. The van der Waals surface area contributed by atoms with Crippen LogP contribution in [0.25, 0.3) is 16.7 Å². The molecule has 4 aromatic rings. The molecule has 0 aliphatic rings. The van der Waals surface area contributed by atoms with Crippen molar-refractivity contribution in [2.75, 3.05) is 12.4 Å². The topological polar surface area (TPSA) is 83.0 Å². The molecular weight excluding hydrogens is 451 g/mol. The van der Waals surface area contributed by atoms with E-state index in [-0.39, 0.29) is 29.0 Å². The van der Waals surface area contributed by atoms with E-state index in [2.05, 4.69) is 5.32 Å². The van der Waals surface area contributed by atoms with Gasteiger partial charge in [-0.05, 0) is 42.3 Å². The van der Waals surface area contributed by atoms with E-state index in [1.165, 1.54) is 46.0 Å². The van der Waals surface area contributed by atoms with Gasteiger partial charge in [0, 0.05) is 27.3 Å². The Morgan fingerprint density at radius 1 is 0.941 bits per heavy atom. The molecule has 0 spiro atoms. The summed E-state index contributed by atoms with van der Waals surface area (Å²) in [6, 6.07) is 8.63. The summed E-state index contributed by atoms with van der Waals surface area (Å²) < 4.78 is 45.1. The van der Waals surface area contributed by atoms with Gasteiger partial charge in [-0.15, -0.1) is 0 Å². The van der Waals surface area contributed by atoms with Crippen LogP contribution in [0.4, 0.5) is 18.9 Å². The van der Waals surface area contributed by atoms with Crippen molar-refractivity contribution in [2.45, 2.75) is 19.6 Å². The quantitative estimate of drug-likeness (QED) is 0.494. The van der Waals surface area contributed by atoms with Crippen LogP contribution in [0.2, 0.25) is 0 Å². The molecule has 2 aromatic heterocycles. The number of nitrogens with one attached hydrogen (secondary N) is 1. The van der Waals surface area contributed by atoms with Crippen LogP contribution in [-0.2, 0) is 26.8 Å². The van der Waals surface area contributed by atoms with Crippen molar-refractivity contribution in [1.29, 1.82) is 0 Å². The molecular formula is C23H22F3N5O3. The van der Waals surface area contributed by atoms with Crippen molar-refractivity contribution in [3.63, 3.8) is 0 Å². The maximum Gasteiger partial charge on any atom is 0.416 e. The fourth-order valence-corrected chi connectivity index (χ4v) is 4.07. The molecule has 0 radical (unpaired) electrons. The van der Waals surface area contributed by atoms with Gasteiger partial charge in [-0.2, -0.15) is 13.2 Å². The molecule has 0 saturated heterocycles. The Morgan fingerprint density at radius 2 is 1.62 bits per heavy atom. The van der Waals surface area contributed by atoms with Crippen LogP contribution in [0.15, 0.2) is 57.0 Å². The van der Waals surface area contributed by atoms with Crippen LogP contribution < -0.4 is 22.3 Å². The molecule has 0 amide bonds. The summed E-state index contributed by atoms with van der Waals surface area (Å²) in [6.07, 6.45) is -3.22. The summed E-state index contributed by atoms with van der Waals surface area (Å²) in [7, 11) is 4.75. The number of alkyl halides is 3. The number of aromatic nitrogens is 4. The number of halogens is 3. The highest BCUT2D eigenvalue weighted by Gasteiger charge is 2.33. The number of anilines is 1. The molecule has 11 heteroatoms. The fourth-order valence-electron chi connectivity index (χ4n) is 4.07.